The van der Waals surface area contributed by atoms with Gasteiger partial charge in [-0.3, -0.25) is 4.90 Å². The third-order valence-corrected chi connectivity index (χ3v) is 4.86. The molecule has 1 saturated heterocycles. The maximum atomic E-state index is 12.9. The molecule has 2 aromatic heterocycles. The summed E-state index contributed by atoms with van der Waals surface area (Å²) in [7, 11) is 1.62. The third-order valence-electron chi connectivity index (χ3n) is 4.86. The van der Waals surface area contributed by atoms with Crippen LogP contribution in [0.4, 0.5) is 13.2 Å². The number of hydrogen-bond donors (Lipinski definition) is 0. The largest absolute Gasteiger partial charge is 0.434 e. The summed E-state index contributed by atoms with van der Waals surface area (Å²) >= 11 is 0. The van der Waals surface area contributed by atoms with E-state index in [0.29, 0.717) is 30.7 Å². The highest BCUT2D eigenvalue weighted by Crippen LogP contribution is 2.38. The number of alkyl halides is 3. The first-order valence-corrected chi connectivity index (χ1v) is 8.55. The van der Waals surface area contributed by atoms with Gasteiger partial charge < -0.3 is 9.09 Å². The van der Waals surface area contributed by atoms with Crippen LogP contribution in [0, 0.1) is 0 Å². The Kier molecular flexibility index (Phi) is 4.05. The third kappa shape index (κ3) is 3.56. The van der Waals surface area contributed by atoms with Crippen molar-refractivity contribution in [3.63, 3.8) is 0 Å². The summed E-state index contributed by atoms with van der Waals surface area (Å²) in [6.07, 6.45) is 0.622. The maximum absolute atomic E-state index is 12.9. The fourth-order valence-corrected chi connectivity index (χ4v) is 3.44. The topological polar surface area (TPSA) is 60.0 Å². The van der Waals surface area contributed by atoms with Gasteiger partial charge in [0.05, 0.1) is 6.54 Å². The smallest absolute Gasteiger partial charge is 0.338 e. The van der Waals surface area contributed by atoms with E-state index in [0.717, 1.165) is 44.2 Å². The van der Waals surface area contributed by atoms with Gasteiger partial charge >= 0.3 is 6.18 Å². The molecule has 25 heavy (non-hydrogen) atoms. The zero-order chi connectivity index (χ0) is 17.6. The van der Waals surface area contributed by atoms with Gasteiger partial charge in [0.15, 0.2) is 11.5 Å². The molecular formula is C16H20F3N5O. The van der Waals surface area contributed by atoms with Gasteiger partial charge in [-0.05, 0) is 32.2 Å². The van der Waals surface area contributed by atoms with Crippen LogP contribution in [0.15, 0.2) is 10.7 Å². The molecule has 0 amide bonds. The predicted octanol–water partition coefficient (Wildman–Crippen LogP) is 3.08. The number of aromatic nitrogens is 4. The lowest BCUT2D eigenvalue weighted by Gasteiger charge is -2.31. The number of rotatable bonds is 4. The van der Waals surface area contributed by atoms with Gasteiger partial charge in [-0.1, -0.05) is 5.16 Å². The lowest BCUT2D eigenvalue weighted by atomic mass is 9.97. The van der Waals surface area contributed by atoms with Gasteiger partial charge in [0.1, 0.15) is 5.82 Å². The quantitative estimate of drug-likeness (QED) is 0.844. The van der Waals surface area contributed by atoms with E-state index < -0.39 is 11.9 Å². The highest BCUT2D eigenvalue weighted by Gasteiger charge is 2.36. The second-order valence-corrected chi connectivity index (χ2v) is 6.99. The molecule has 2 aromatic rings. The van der Waals surface area contributed by atoms with E-state index in [4.69, 9.17) is 4.52 Å². The predicted molar refractivity (Wildman–Crippen MR) is 81.7 cm³/mol. The molecule has 0 spiro atoms. The molecule has 1 aliphatic heterocycles. The first-order chi connectivity index (χ1) is 11.9. The van der Waals surface area contributed by atoms with E-state index in [1.165, 1.54) is 4.57 Å². The minimum atomic E-state index is -4.41. The van der Waals surface area contributed by atoms with Crippen LogP contribution in [-0.4, -0.2) is 37.7 Å². The second kappa shape index (κ2) is 6.12. The number of aryl methyl sites for hydroxylation is 1. The first kappa shape index (κ1) is 16.6. The van der Waals surface area contributed by atoms with Gasteiger partial charge in [-0.2, -0.15) is 18.2 Å². The Bertz CT molecular complexity index is 749. The van der Waals surface area contributed by atoms with Crippen LogP contribution in [0.25, 0.3) is 0 Å². The van der Waals surface area contributed by atoms with E-state index in [-0.39, 0.29) is 5.92 Å². The SMILES string of the molecule is Cn1cc(C(F)(F)F)nc1[C@H]1CCCN(Cc2nc(C3CC3)no2)C1. The van der Waals surface area contributed by atoms with Crippen molar-refractivity contribution in [3.8, 4) is 0 Å². The standard InChI is InChI=1S/C16H20F3N5O/c1-23-8-12(16(17,18)19)20-15(23)11-3-2-6-24(7-11)9-13-21-14(22-25-13)10-4-5-10/h8,10-11H,2-7,9H2,1H3/t11-/m0/s1. The summed E-state index contributed by atoms with van der Waals surface area (Å²) in [5.74, 6) is 2.27. The number of piperidine rings is 1. The minimum absolute atomic E-state index is 0.0272. The van der Waals surface area contributed by atoms with Crippen molar-refractivity contribution >= 4 is 0 Å². The number of halogens is 3. The van der Waals surface area contributed by atoms with Gasteiger partial charge in [-0.25, -0.2) is 4.98 Å². The van der Waals surface area contributed by atoms with E-state index >= 15 is 0 Å². The molecule has 4 rings (SSSR count). The van der Waals surface area contributed by atoms with Crippen molar-refractivity contribution in [1.29, 1.82) is 0 Å². The second-order valence-electron chi connectivity index (χ2n) is 6.99. The number of likely N-dealkylation sites (tertiary alicyclic amines) is 1. The van der Waals surface area contributed by atoms with Crippen LogP contribution in [0.3, 0.4) is 0 Å². The Hall–Kier alpha value is -1.90. The summed E-state index contributed by atoms with van der Waals surface area (Å²) in [4.78, 5) is 10.4. The van der Waals surface area contributed by atoms with Gasteiger partial charge in [0.2, 0.25) is 5.89 Å². The van der Waals surface area contributed by atoms with Crippen molar-refractivity contribution in [2.24, 2.45) is 7.05 Å². The van der Waals surface area contributed by atoms with Crippen molar-refractivity contribution < 1.29 is 17.7 Å². The van der Waals surface area contributed by atoms with Crippen molar-refractivity contribution in [2.75, 3.05) is 13.1 Å². The maximum Gasteiger partial charge on any atom is 0.434 e. The summed E-state index contributed by atoms with van der Waals surface area (Å²) in [5.41, 5.74) is -0.826. The minimum Gasteiger partial charge on any atom is -0.338 e. The molecular weight excluding hydrogens is 335 g/mol. The molecule has 0 radical (unpaired) electrons. The van der Waals surface area contributed by atoms with E-state index in [1.807, 2.05) is 0 Å². The monoisotopic (exact) mass is 355 g/mol. The molecule has 1 aliphatic carbocycles. The fourth-order valence-electron chi connectivity index (χ4n) is 3.44. The zero-order valence-electron chi connectivity index (χ0n) is 14.0. The Morgan fingerprint density at radius 1 is 1.20 bits per heavy atom. The molecule has 0 N–H and O–H groups in total. The Morgan fingerprint density at radius 2 is 2.00 bits per heavy atom. The zero-order valence-corrected chi connectivity index (χ0v) is 14.0. The number of nitrogens with zero attached hydrogens (tertiary/aromatic N) is 5. The van der Waals surface area contributed by atoms with E-state index in [2.05, 4.69) is 20.0 Å². The van der Waals surface area contributed by atoms with Gasteiger partial charge in [-0.15, -0.1) is 0 Å². The summed E-state index contributed by atoms with van der Waals surface area (Å²) < 4.78 is 45.4. The lowest BCUT2D eigenvalue weighted by Crippen LogP contribution is -2.34. The van der Waals surface area contributed by atoms with Crippen LogP contribution >= 0.6 is 0 Å². The summed E-state index contributed by atoms with van der Waals surface area (Å²) in [6.45, 7) is 2.05. The molecule has 0 unspecified atom stereocenters. The molecule has 1 atom stereocenters. The van der Waals surface area contributed by atoms with Crippen molar-refractivity contribution in [2.45, 2.75) is 50.2 Å². The molecule has 2 fully saturated rings. The van der Waals surface area contributed by atoms with E-state index in [1.54, 1.807) is 7.05 Å². The Balaban J connectivity index is 1.44. The molecule has 1 saturated carbocycles. The van der Waals surface area contributed by atoms with Gasteiger partial charge in [0, 0.05) is 31.6 Å². The van der Waals surface area contributed by atoms with Crippen LogP contribution < -0.4 is 0 Å². The molecule has 3 heterocycles. The van der Waals surface area contributed by atoms with Crippen LogP contribution in [0.1, 0.15) is 60.8 Å². The highest BCUT2D eigenvalue weighted by atomic mass is 19.4. The molecule has 2 aliphatic rings. The highest BCUT2D eigenvalue weighted by molar-refractivity contribution is 5.12. The number of hydrogen-bond acceptors (Lipinski definition) is 5. The average Bonchev–Trinajstić information content (AvgIpc) is 3.17. The fraction of sp³-hybridized carbons (Fsp3) is 0.688. The van der Waals surface area contributed by atoms with Crippen LogP contribution in [0.5, 0.6) is 0 Å². The average molecular weight is 355 g/mol. The lowest BCUT2D eigenvalue weighted by molar-refractivity contribution is -0.141. The molecule has 0 aromatic carbocycles. The number of imidazole rings is 1. The summed E-state index contributed by atoms with van der Waals surface area (Å²) in [5, 5.41) is 4.01. The van der Waals surface area contributed by atoms with Crippen molar-refractivity contribution in [3.05, 3.63) is 29.4 Å². The molecule has 6 nitrogen and oxygen atoms in total. The van der Waals surface area contributed by atoms with Crippen LogP contribution in [-0.2, 0) is 19.8 Å². The van der Waals surface area contributed by atoms with E-state index in [9.17, 15) is 13.2 Å². The Labute approximate surface area is 143 Å². The summed E-state index contributed by atoms with van der Waals surface area (Å²) in [6, 6.07) is 0. The Morgan fingerprint density at radius 3 is 2.68 bits per heavy atom. The van der Waals surface area contributed by atoms with Gasteiger partial charge in [0.25, 0.3) is 0 Å². The molecule has 0 bridgehead atoms. The first-order valence-electron chi connectivity index (χ1n) is 8.55. The van der Waals surface area contributed by atoms with Crippen molar-refractivity contribution in [1.82, 2.24) is 24.6 Å². The molecule has 9 heteroatoms. The van der Waals surface area contributed by atoms with Crippen LogP contribution in [0.2, 0.25) is 0 Å². The molecule has 136 valence electrons. The normalized spacial score (nSPS) is 22.5.